The molecule has 0 unspecified atom stereocenters. The maximum atomic E-state index is 11.6. The minimum Gasteiger partial charge on any atom is -0.258 e. The van der Waals surface area contributed by atoms with Crippen LogP contribution in [0, 0.1) is 10.1 Å². The molecule has 0 spiro atoms. The molecule has 0 heterocycles. The lowest BCUT2D eigenvalue weighted by molar-refractivity contribution is -0.384. The van der Waals surface area contributed by atoms with Crippen LogP contribution >= 0.6 is 0 Å². The minimum atomic E-state index is -0.318. The predicted molar refractivity (Wildman–Crippen MR) is 138 cm³/mol. The van der Waals surface area contributed by atoms with Crippen molar-refractivity contribution in [2.45, 2.75) is 6.42 Å². The zero-order valence-electron chi connectivity index (χ0n) is 18.4. The lowest BCUT2D eigenvalue weighted by Crippen LogP contribution is -1.97. The molecule has 0 fully saturated rings. The van der Waals surface area contributed by atoms with Crippen molar-refractivity contribution < 1.29 is 4.92 Å². The van der Waals surface area contributed by atoms with Gasteiger partial charge in [0.25, 0.3) is 5.69 Å². The SMILES string of the molecule is O=[N+]([O-])c1cccc(-c2c3c(cc(-c4ccccc4)c2-c2ccccc2)-c2ccccc2C3)c1. The molecule has 1 aliphatic carbocycles. The van der Waals surface area contributed by atoms with Crippen molar-refractivity contribution in [2.24, 2.45) is 0 Å². The molecule has 5 aromatic rings. The van der Waals surface area contributed by atoms with E-state index < -0.39 is 0 Å². The Labute approximate surface area is 198 Å². The molecule has 3 nitrogen and oxygen atoms in total. The maximum Gasteiger partial charge on any atom is 0.270 e. The number of hydrogen-bond donors (Lipinski definition) is 0. The highest BCUT2D eigenvalue weighted by Gasteiger charge is 2.27. The van der Waals surface area contributed by atoms with Gasteiger partial charge in [0.1, 0.15) is 0 Å². The third kappa shape index (κ3) is 3.30. The number of nitro benzene ring substituents is 1. The van der Waals surface area contributed by atoms with Crippen LogP contribution in [0.3, 0.4) is 0 Å². The summed E-state index contributed by atoms with van der Waals surface area (Å²) in [6.07, 6.45) is 0.804. The molecule has 5 aromatic carbocycles. The Hall–Kier alpha value is -4.50. The summed E-state index contributed by atoms with van der Waals surface area (Å²) in [4.78, 5) is 11.3. The van der Waals surface area contributed by atoms with E-state index in [4.69, 9.17) is 0 Å². The van der Waals surface area contributed by atoms with Gasteiger partial charge in [0.2, 0.25) is 0 Å². The molecule has 0 saturated carbocycles. The molecule has 0 atom stereocenters. The van der Waals surface area contributed by atoms with Crippen LogP contribution in [0.1, 0.15) is 11.1 Å². The van der Waals surface area contributed by atoms with Gasteiger partial charge < -0.3 is 0 Å². The summed E-state index contributed by atoms with van der Waals surface area (Å²) < 4.78 is 0. The Morgan fingerprint density at radius 2 is 1.21 bits per heavy atom. The Morgan fingerprint density at radius 1 is 0.559 bits per heavy atom. The van der Waals surface area contributed by atoms with Crippen LogP contribution in [0.25, 0.3) is 44.5 Å². The fourth-order valence-corrected chi connectivity index (χ4v) is 5.12. The van der Waals surface area contributed by atoms with E-state index in [1.165, 1.54) is 22.3 Å². The smallest absolute Gasteiger partial charge is 0.258 e. The Bertz CT molecular complexity index is 1540. The number of benzene rings is 5. The average Bonchev–Trinajstić information content (AvgIpc) is 3.27. The minimum absolute atomic E-state index is 0.103. The van der Waals surface area contributed by atoms with E-state index >= 15 is 0 Å². The molecule has 3 heteroatoms. The predicted octanol–water partition coefficient (Wildman–Crippen LogP) is 8.17. The van der Waals surface area contributed by atoms with Gasteiger partial charge in [-0.15, -0.1) is 0 Å². The number of non-ortho nitro benzene ring substituents is 1. The number of nitrogens with zero attached hydrogens (tertiary/aromatic N) is 1. The van der Waals surface area contributed by atoms with Gasteiger partial charge >= 0.3 is 0 Å². The van der Waals surface area contributed by atoms with E-state index in [9.17, 15) is 10.1 Å². The quantitative estimate of drug-likeness (QED) is 0.205. The molecular formula is C31H21NO2. The second-order valence-corrected chi connectivity index (χ2v) is 8.57. The van der Waals surface area contributed by atoms with Crippen molar-refractivity contribution in [3.8, 4) is 44.5 Å². The molecule has 1 aliphatic rings. The highest BCUT2D eigenvalue weighted by atomic mass is 16.6. The lowest BCUT2D eigenvalue weighted by Gasteiger charge is -2.21. The largest absolute Gasteiger partial charge is 0.270 e. The van der Waals surface area contributed by atoms with Crippen molar-refractivity contribution in [2.75, 3.05) is 0 Å². The lowest BCUT2D eigenvalue weighted by atomic mass is 9.82. The maximum absolute atomic E-state index is 11.6. The first-order valence-corrected chi connectivity index (χ1v) is 11.3. The molecule has 0 amide bonds. The highest BCUT2D eigenvalue weighted by molar-refractivity contribution is 6.01. The van der Waals surface area contributed by atoms with E-state index in [0.29, 0.717) is 0 Å². The van der Waals surface area contributed by atoms with E-state index in [1.54, 1.807) is 18.2 Å². The van der Waals surface area contributed by atoms with Crippen LogP contribution < -0.4 is 0 Å². The summed E-state index contributed by atoms with van der Waals surface area (Å²) in [6, 6.07) is 38.6. The Morgan fingerprint density at radius 3 is 1.94 bits per heavy atom. The van der Waals surface area contributed by atoms with Gasteiger partial charge in [-0.2, -0.15) is 0 Å². The number of hydrogen-bond acceptors (Lipinski definition) is 2. The van der Waals surface area contributed by atoms with Crippen molar-refractivity contribution in [1.82, 2.24) is 0 Å². The van der Waals surface area contributed by atoms with Crippen molar-refractivity contribution >= 4 is 5.69 Å². The standard InChI is InChI=1S/C31H21NO2/c33-32(34)25-16-9-15-24(18-25)31-29-19-23-14-7-8-17-26(23)28(29)20-27(21-10-3-1-4-11-21)30(31)22-12-5-2-6-13-22/h1-18,20H,19H2. The first-order valence-electron chi connectivity index (χ1n) is 11.3. The van der Waals surface area contributed by atoms with Gasteiger partial charge in [-0.1, -0.05) is 97.1 Å². The van der Waals surface area contributed by atoms with Crippen LogP contribution in [0.2, 0.25) is 0 Å². The molecule has 162 valence electrons. The summed E-state index contributed by atoms with van der Waals surface area (Å²) in [7, 11) is 0. The summed E-state index contributed by atoms with van der Waals surface area (Å²) in [5.74, 6) is 0. The van der Waals surface area contributed by atoms with E-state index in [0.717, 1.165) is 39.8 Å². The first-order chi connectivity index (χ1) is 16.7. The second-order valence-electron chi connectivity index (χ2n) is 8.57. The fraction of sp³-hybridized carbons (Fsp3) is 0.0323. The summed E-state index contributed by atoms with van der Waals surface area (Å²) in [6.45, 7) is 0. The van der Waals surface area contributed by atoms with Crippen molar-refractivity contribution in [3.05, 3.63) is 137 Å². The molecule has 6 rings (SSSR count). The first kappa shape index (κ1) is 20.1. The summed E-state index contributed by atoms with van der Waals surface area (Å²) in [5, 5.41) is 11.6. The zero-order valence-corrected chi connectivity index (χ0v) is 18.4. The van der Waals surface area contributed by atoms with Crippen molar-refractivity contribution in [3.63, 3.8) is 0 Å². The van der Waals surface area contributed by atoms with Crippen LogP contribution in [-0.2, 0) is 6.42 Å². The average molecular weight is 440 g/mol. The van der Waals surface area contributed by atoms with Crippen LogP contribution in [-0.4, -0.2) is 4.92 Å². The molecule has 0 N–H and O–H groups in total. The number of nitro groups is 1. The van der Waals surface area contributed by atoms with E-state index in [-0.39, 0.29) is 10.6 Å². The van der Waals surface area contributed by atoms with E-state index in [2.05, 4.69) is 66.7 Å². The molecule has 0 aromatic heterocycles. The van der Waals surface area contributed by atoms with Crippen LogP contribution in [0.4, 0.5) is 5.69 Å². The number of fused-ring (bicyclic) bond motifs is 3. The zero-order chi connectivity index (χ0) is 23.1. The third-order valence-electron chi connectivity index (χ3n) is 6.60. The van der Waals surface area contributed by atoms with Gasteiger partial charge in [0.15, 0.2) is 0 Å². The normalized spacial score (nSPS) is 11.6. The van der Waals surface area contributed by atoms with Crippen LogP contribution in [0.15, 0.2) is 115 Å². The molecule has 34 heavy (non-hydrogen) atoms. The highest BCUT2D eigenvalue weighted by Crippen LogP contribution is 2.50. The molecular weight excluding hydrogens is 418 g/mol. The molecule has 0 radical (unpaired) electrons. The number of rotatable bonds is 4. The summed E-state index contributed by atoms with van der Waals surface area (Å²) in [5.41, 5.74) is 11.5. The van der Waals surface area contributed by atoms with E-state index in [1.807, 2.05) is 30.3 Å². The second kappa shape index (κ2) is 8.13. The molecule has 0 bridgehead atoms. The van der Waals surface area contributed by atoms with Crippen molar-refractivity contribution in [1.29, 1.82) is 0 Å². The summed E-state index contributed by atoms with van der Waals surface area (Å²) >= 11 is 0. The van der Waals surface area contributed by atoms with Gasteiger partial charge in [-0.05, 0) is 68.1 Å². The van der Waals surface area contributed by atoms with Gasteiger partial charge in [0.05, 0.1) is 4.92 Å². The Balaban J connectivity index is 1.76. The van der Waals surface area contributed by atoms with Crippen LogP contribution in [0.5, 0.6) is 0 Å². The topological polar surface area (TPSA) is 43.1 Å². The van der Waals surface area contributed by atoms with Gasteiger partial charge in [-0.3, -0.25) is 10.1 Å². The fourth-order valence-electron chi connectivity index (χ4n) is 5.12. The van der Waals surface area contributed by atoms with Gasteiger partial charge in [-0.25, -0.2) is 0 Å². The molecule has 0 aliphatic heterocycles. The molecule has 0 saturated heterocycles. The monoisotopic (exact) mass is 439 g/mol. The Kier molecular flexibility index (Phi) is 4.81. The third-order valence-corrected chi connectivity index (χ3v) is 6.60. The van der Waals surface area contributed by atoms with Gasteiger partial charge in [0, 0.05) is 12.1 Å².